The Labute approximate surface area is 200 Å². The molecule has 1 saturated heterocycles. The lowest BCUT2D eigenvalue weighted by Gasteiger charge is -2.31. The Balaban J connectivity index is 1.40. The number of nitrogens with zero attached hydrogens (tertiary/aromatic N) is 4. The maximum atomic E-state index is 13.1. The molecule has 1 unspecified atom stereocenters. The lowest BCUT2D eigenvalue weighted by atomic mass is 9.93. The molecule has 3 rings (SSSR count). The van der Waals surface area contributed by atoms with Crippen molar-refractivity contribution in [3.05, 3.63) is 40.1 Å². The van der Waals surface area contributed by atoms with Crippen molar-refractivity contribution < 1.29 is 36.0 Å². The average Bonchev–Trinajstić information content (AvgIpc) is 2.78. The van der Waals surface area contributed by atoms with E-state index in [1.807, 2.05) is 0 Å². The van der Waals surface area contributed by atoms with Crippen molar-refractivity contribution in [3.63, 3.8) is 0 Å². The van der Waals surface area contributed by atoms with Crippen molar-refractivity contribution in [1.82, 2.24) is 25.6 Å². The molecule has 16 heteroatoms. The predicted molar refractivity (Wildman–Crippen MR) is 114 cm³/mol. The third kappa shape index (κ3) is 7.29. The van der Waals surface area contributed by atoms with Crippen molar-refractivity contribution in [2.24, 2.45) is 5.92 Å². The van der Waals surface area contributed by atoms with E-state index in [0.717, 1.165) is 18.6 Å². The summed E-state index contributed by atoms with van der Waals surface area (Å²) in [7, 11) is 0. The van der Waals surface area contributed by atoms with Gasteiger partial charge in [0.2, 0.25) is 11.9 Å². The van der Waals surface area contributed by atoms with E-state index in [1.165, 1.54) is 6.92 Å². The number of alkyl halides is 6. The van der Waals surface area contributed by atoms with Gasteiger partial charge in [0.1, 0.15) is 5.56 Å². The number of hydrogen-bond donors (Lipinski definition) is 3. The van der Waals surface area contributed by atoms with Crippen molar-refractivity contribution >= 4 is 17.5 Å². The number of halogens is 6. The molecule has 198 valence electrons. The molecule has 1 aliphatic rings. The molecule has 0 saturated carbocycles. The van der Waals surface area contributed by atoms with Crippen LogP contribution in [0.15, 0.2) is 23.4 Å². The minimum absolute atomic E-state index is 0.00805. The SMILES string of the molecule is CC(CONC(=O)CC1CCN(c2ncc(C(F)(F)F)cn2)CC1)Nc1cn[nH]c(=O)c1C(F)(F)F. The molecule has 1 atom stereocenters. The molecular weight excluding hydrogens is 500 g/mol. The second-order valence-corrected chi connectivity index (χ2v) is 8.27. The van der Waals surface area contributed by atoms with E-state index in [4.69, 9.17) is 4.84 Å². The molecular formula is C20H23F6N7O3. The average molecular weight is 523 g/mol. The number of aromatic nitrogens is 4. The van der Waals surface area contributed by atoms with Crippen LogP contribution in [-0.2, 0) is 22.0 Å². The first kappa shape index (κ1) is 27.2. The maximum Gasteiger partial charge on any atom is 0.423 e. The number of anilines is 2. The highest BCUT2D eigenvalue weighted by Crippen LogP contribution is 2.32. The van der Waals surface area contributed by atoms with Gasteiger partial charge in [0.05, 0.1) is 24.1 Å². The van der Waals surface area contributed by atoms with E-state index in [0.29, 0.717) is 25.9 Å². The van der Waals surface area contributed by atoms with Crippen LogP contribution in [-0.4, -0.2) is 51.8 Å². The lowest BCUT2D eigenvalue weighted by Crippen LogP contribution is -2.37. The number of hydrogen-bond acceptors (Lipinski definition) is 8. The van der Waals surface area contributed by atoms with Crippen LogP contribution in [0.5, 0.6) is 0 Å². The normalized spacial score (nSPS) is 16.0. The Morgan fingerprint density at radius 1 is 1.14 bits per heavy atom. The first-order valence-electron chi connectivity index (χ1n) is 10.8. The summed E-state index contributed by atoms with van der Waals surface area (Å²) >= 11 is 0. The topological polar surface area (TPSA) is 125 Å². The third-order valence-electron chi connectivity index (χ3n) is 5.40. The Hall–Kier alpha value is -3.43. The zero-order valence-electron chi connectivity index (χ0n) is 18.9. The summed E-state index contributed by atoms with van der Waals surface area (Å²) in [6.45, 7) is 2.21. The van der Waals surface area contributed by atoms with Gasteiger partial charge >= 0.3 is 12.4 Å². The van der Waals surface area contributed by atoms with Crippen LogP contribution in [0.4, 0.5) is 38.0 Å². The van der Waals surface area contributed by atoms with Crippen LogP contribution in [0.3, 0.4) is 0 Å². The van der Waals surface area contributed by atoms with Gasteiger partial charge in [-0.2, -0.15) is 31.4 Å². The molecule has 0 radical (unpaired) electrons. The number of H-pyrrole nitrogens is 1. The molecule has 3 heterocycles. The van der Waals surface area contributed by atoms with E-state index in [-0.39, 0.29) is 24.9 Å². The molecule has 1 aliphatic heterocycles. The van der Waals surface area contributed by atoms with Gasteiger partial charge in [-0.1, -0.05) is 0 Å². The molecule has 1 amide bonds. The van der Waals surface area contributed by atoms with Gasteiger partial charge in [0, 0.05) is 37.9 Å². The highest BCUT2D eigenvalue weighted by molar-refractivity contribution is 5.75. The molecule has 2 aromatic heterocycles. The number of nitrogens with one attached hydrogen (secondary N) is 3. The molecule has 0 spiro atoms. The van der Waals surface area contributed by atoms with Crippen molar-refractivity contribution in [2.45, 2.75) is 44.6 Å². The van der Waals surface area contributed by atoms with Crippen molar-refractivity contribution in [2.75, 3.05) is 29.9 Å². The molecule has 1 fully saturated rings. The van der Waals surface area contributed by atoms with Crippen molar-refractivity contribution in [3.8, 4) is 0 Å². The molecule has 10 nitrogen and oxygen atoms in total. The quantitative estimate of drug-likeness (QED) is 0.357. The van der Waals surface area contributed by atoms with Gasteiger partial charge in [0.15, 0.2) is 0 Å². The zero-order valence-corrected chi connectivity index (χ0v) is 18.9. The highest BCUT2D eigenvalue weighted by atomic mass is 19.4. The second-order valence-electron chi connectivity index (χ2n) is 8.27. The first-order valence-corrected chi connectivity index (χ1v) is 10.8. The van der Waals surface area contributed by atoms with Crippen LogP contribution >= 0.6 is 0 Å². The monoisotopic (exact) mass is 523 g/mol. The molecule has 0 bridgehead atoms. The summed E-state index contributed by atoms with van der Waals surface area (Å²) < 4.78 is 77.2. The highest BCUT2D eigenvalue weighted by Gasteiger charge is 2.37. The largest absolute Gasteiger partial charge is 0.423 e. The van der Waals surface area contributed by atoms with Gasteiger partial charge in [-0.15, -0.1) is 0 Å². The number of piperidine rings is 1. The summed E-state index contributed by atoms with van der Waals surface area (Å²) in [4.78, 5) is 38.0. The summed E-state index contributed by atoms with van der Waals surface area (Å²) in [6, 6.07) is -0.707. The molecule has 3 N–H and O–H groups in total. The first-order chi connectivity index (χ1) is 16.8. The lowest BCUT2D eigenvalue weighted by molar-refractivity contribution is -0.139. The van der Waals surface area contributed by atoms with Crippen LogP contribution < -0.4 is 21.3 Å². The second kappa shape index (κ2) is 11.1. The van der Waals surface area contributed by atoms with Gasteiger partial charge < -0.3 is 10.2 Å². The zero-order chi connectivity index (χ0) is 26.5. The maximum absolute atomic E-state index is 13.1. The van der Waals surface area contributed by atoms with Crippen LogP contribution in [0.2, 0.25) is 0 Å². The van der Waals surface area contributed by atoms with E-state index >= 15 is 0 Å². The Morgan fingerprint density at radius 2 is 1.78 bits per heavy atom. The van der Waals surface area contributed by atoms with Gasteiger partial charge in [-0.3, -0.25) is 14.4 Å². The summed E-state index contributed by atoms with van der Waals surface area (Å²) in [5.41, 5.74) is -2.01. The molecule has 0 aliphatic carbocycles. The smallest absolute Gasteiger partial charge is 0.378 e. The fraction of sp³-hybridized carbons (Fsp3) is 0.550. The van der Waals surface area contributed by atoms with Crippen LogP contribution in [0, 0.1) is 5.92 Å². The van der Waals surface area contributed by atoms with Gasteiger partial charge in [0.25, 0.3) is 5.56 Å². The number of carbonyl (C=O) groups excluding carboxylic acids is 1. The van der Waals surface area contributed by atoms with Gasteiger partial charge in [-0.25, -0.2) is 20.5 Å². The Morgan fingerprint density at radius 3 is 2.36 bits per heavy atom. The Kier molecular flexibility index (Phi) is 8.37. The fourth-order valence-electron chi connectivity index (χ4n) is 3.62. The summed E-state index contributed by atoms with van der Waals surface area (Å²) in [6.07, 6.45) is -5.84. The van der Waals surface area contributed by atoms with E-state index < -0.39 is 46.7 Å². The number of amides is 1. The fourth-order valence-corrected chi connectivity index (χ4v) is 3.62. The minimum atomic E-state index is -4.89. The Bertz CT molecular complexity index is 1080. The van der Waals surface area contributed by atoms with E-state index in [9.17, 15) is 35.9 Å². The van der Waals surface area contributed by atoms with Crippen LogP contribution in [0.25, 0.3) is 0 Å². The minimum Gasteiger partial charge on any atom is -0.378 e. The number of hydroxylamine groups is 1. The van der Waals surface area contributed by atoms with Crippen LogP contribution in [0.1, 0.15) is 37.3 Å². The molecule has 36 heavy (non-hydrogen) atoms. The van der Waals surface area contributed by atoms with E-state index in [2.05, 4.69) is 25.9 Å². The summed E-state index contributed by atoms with van der Waals surface area (Å²) in [5.74, 6) is -0.258. The number of rotatable bonds is 8. The number of aromatic amines is 1. The third-order valence-corrected chi connectivity index (χ3v) is 5.40. The standard InChI is InChI=1S/C20H23F6N7O3/c1-11(30-14-9-29-31-17(35)16(14)20(24,25)26)10-36-32-15(34)6-12-2-4-33(5-3-12)18-27-7-13(8-28-18)19(21,22)23/h7-9,11-12H,2-6,10H2,1H3,(H,32,34)(H2,30,31,35). The van der Waals surface area contributed by atoms with E-state index in [1.54, 1.807) is 10.00 Å². The molecule has 0 aromatic carbocycles. The predicted octanol–water partition coefficient (Wildman–Crippen LogP) is 2.75. The summed E-state index contributed by atoms with van der Waals surface area (Å²) in [5, 5.41) is 7.57. The van der Waals surface area contributed by atoms with Gasteiger partial charge in [-0.05, 0) is 25.7 Å². The molecule has 2 aromatic rings. The van der Waals surface area contributed by atoms with Crippen molar-refractivity contribution in [1.29, 1.82) is 0 Å². The number of carbonyl (C=O) groups is 1.